The van der Waals surface area contributed by atoms with Gasteiger partial charge in [-0.2, -0.15) is 0 Å². The molecule has 114 valence electrons. The van der Waals surface area contributed by atoms with Gasteiger partial charge in [-0.25, -0.2) is 0 Å². The Labute approximate surface area is 129 Å². The third-order valence-electron chi connectivity index (χ3n) is 3.09. The molecule has 0 aliphatic heterocycles. The SMILES string of the molecule is CC(=O)Nc1ccccc1C(=O)Nc1ccc(CCO)cc1. The van der Waals surface area contributed by atoms with E-state index in [9.17, 15) is 9.59 Å². The molecule has 0 aliphatic carbocycles. The number of carbonyl (C=O) groups is 2. The molecular formula is C17H18N2O3. The highest BCUT2D eigenvalue weighted by molar-refractivity contribution is 6.09. The van der Waals surface area contributed by atoms with Gasteiger partial charge < -0.3 is 15.7 Å². The fourth-order valence-electron chi connectivity index (χ4n) is 2.06. The lowest BCUT2D eigenvalue weighted by Crippen LogP contribution is -2.16. The Hall–Kier alpha value is -2.66. The van der Waals surface area contributed by atoms with Crippen molar-refractivity contribution >= 4 is 23.2 Å². The van der Waals surface area contributed by atoms with E-state index in [2.05, 4.69) is 10.6 Å². The summed E-state index contributed by atoms with van der Waals surface area (Å²) < 4.78 is 0. The Balaban J connectivity index is 2.13. The smallest absolute Gasteiger partial charge is 0.257 e. The fraction of sp³-hybridized carbons (Fsp3) is 0.176. The highest BCUT2D eigenvalue weighted by Gasteiger charge is 2.11. The van der Waals surface area contributed by atoms with Crippen molar-refractivity contribution in [2.45, 2.75) is 13.3 Å². The van der Waals surface area contributed by atoms with Crippen molar-refractivity contribution in [2.75, 3.05) is 17.2 Å². The predicted octanol–water partition coefficient (Wildman–Crippen LogP) is 2.43. The summed E-state index contributed by atoms with van der Waals surface area (Å²) in [6.07, 6.45) is 0.583. The molecule has 2 rings (SSSR count). The molecule has 22 heavy (non-hydrogen) atoms. The molecule has 2 aromatic rings. The standard InChI is InChI=1S/C17H18N2O3/c1-12(21)18-16-5-3-2-4-15(16)17(22)19-14-8-6-13(7-9-14)10-11-20/h2-9,20H,10-11H2,1H3,(H,18,21)(H,19,22). The highest BCUT2D eigenvalue weighted by atomic mass is 16.3. The van der Waals surface area contributed by atoms with Gasteiger partial charge in [-0.1, -0.05) is 24.3 Å². The van der Waals surface area contributed by atoms with Crippen LogP contribution in [-0.4, -0.2) is 23.5 Å². The molecule has 0 radical (unpaired) electrons. The van der Waals surface area contributed by atoms with Crippen LogP contribution in [-0.2, 0) is 11.2 Å². The summed E-state index contributed by atoms with van der Waals surface area (Å²) in [6, 6.07) is 14.1. The molecule has 5 heteroatoms. The Kier molecular flexibility index (Phi) is 5.27. The number of nitrogens with one attached hydrogen (secondary N) is 2. The average Bonchev–Trinajstić information content (AvgIpc) is 2.49. The molecule has 5 nitrogen and oxygen atoms in total. The first-order chi connectivity index (χ1) is 10.6. The zero-order chi connectivity index (χ0) is 15.9. The third kappa shape index (κ3) is 4.17. The zero-order valence-corrected chi connectivity index (χ0v) is 12.3. The van der Waals surface area contributed by atoms with Gasteiger partial charge in [0.05, 0.1) is 11.3 Å². The van der Waals surface area contributed by atoms with Crippen molar-refractivity contribution in [3.05, 3.63) is 59.7 Å². The van der Waals surface area contributed by atoms with Gasteiger partial charge >= 0.3 is 0 Å². The second-order valence-corrected chi connectivity index (χ2v) is 4.85. The molecule has 2 amide bonds. The maximum absolute atomic E-state index is 12.3. The van der Waals surface area contributed by atoms with E-state index < -0.39 is 0 Å². The van der Waals surface area contributed by atoms with E-state index >= 15 is 0 Å². The van der Waals surface area contributed by atoms with Crippen LogP contribution in [0.4, 0.5) is 11.4 Å². The van der Waals surface area contributed by atoms with Crippen molar-refractivity contribution in [1.29, 1.82) is 0 Å². The number of aliphatic hydroxyl groups excluding tert-OH is 1. The summed E-state index contributed by atoms with van der Waals surface area (Å²) in [5, 5.41) is 14.3. The van der Waals surface area contributed by atoms with Crippen molar-refractivity contribution < 1.29 is 14.7 Å². The first-order valence-corrected chi connectivity index (χ1v) is 6.98. The summed E-state index contributed by atoms with van der Waals surface area (Å²) >= 11 is 0. The predicted molar refractivity (Wildman–Crippen MR) is 85.9 cm³/mol. The first-order valence-electron chi connectivity index (χ1n) is 6.98. The molecule has 0 heterocycles. The van der Waals surface area contributed by atoms with Crippen LogP contribution in [0.3, 0.4) is 0 Å². The van der Waals surface area contributed by atoms with E-state index in [4.69, 9.17) is 5.11 Å². The van der Waals surface area contributed by atoms with E-state index in [0.29, 0.717) is 23.4 Å². The van der Waals surface area contributed by atoms with E-state index in [1.807, 2.05) is 12.1 Å². The first kappa shape index (κ1) is 15.7. The van der Waals surface area contributed by atoms with Crippen LogP contribution < -0.4 is 10.6 Å². The maximum Gasteiger partial charge on any atom is 0.257 e. The number of aliphatic hydroxyl groups is 1. The van der Waals surface area contributed by atoms with Crippen molar-refractivity contribution in [1.82, 2.24) is 0 Å². The van der Waals surface area contributed by atoms with Crippen LogP contribution in [0.1, 0.15) is 22.8 Å². The molecule has 0 saturated carbocycles. The largest absolute Gasteiger partial charge is 0.396 e. The van der Waals surface area contributed by atoms with Gasteiger partial charge in [0.1, 0.15) is 0 Å². The van der Waals surface area contributed by atoms with Gasteiger partial charge in [0, 0.05) is 19.2 Å². The van der Waals surface area contributed by atoms with Crippen LogP contribution in [0.2, 0.25) is 0 Å². The Morgan fingerprint density at radius 2 is 1.68 bits per heavy atom. The number of carbonyl (C=O) groups excluding carboxylic acids is 2. The monoisotopic (exact) mass is 298 g/mol. The van der Waals surface area contributed by atoms with Crippen LogP contribution in [0.25, 0.3) is 0 Å². The van der Waals surface area contributed by atoms with Crippen LogP contribution in [0.5, 0.6) is 0 Å². The lowest BCUT2D eigenvalue weighted by atomic mass is 10.1. The minimum absolute atomic E-state index is 0.0931. The minimum Gasteiger partial charge on any atom is -0.396 e. The molecule has 0 spiro atoms. The summed E-state index contributed by atoms with van der Waals surface area (Å²) in [6.45, 7) is 1.49. The number of para-hydroxylation sites is 1. The Morgan fingerprint density at radius 3 is 2.32 bits per heavy atom. The fourth-order valence-corrected chi connectivity index (χ4v) is 2.06. The number of benzene rings is 2. The third-order valence-corrected chi connectivity index (χ3v) is 3.09. The zero-order valence-electron chi connectivity index (χ0n) is 12.3. The second-order valence-electron chi connectivity index (χ2n) is 4.85. The van der Waals surface area contributed by atoms with Gasteiger partial charge in [0.15, 0.2) is 0 Å². The van der Waals surface area contributed by atoms with Gasteiger partial charge in [0.2, 0.25) is 5.91 Å². The minimum atomic E-state index is -0.292. The molecule has 0 atom stereocenters. The van der Waals surface area contributed by atoms with Gasteiger partial charge in [-0.3, -0.25) is 9.59 Å². The second kappa shape index (κ2) is 7.38. The molecule has 0 bridgehead atoms. The molecule has 0 fully saturated rings. The number of anilines is 2. The van der Waals surface area contributed by atoms with Crippen LogP contribution in [0, 0.1) is 0 Å². The van der Waals surface area contributed by atoms with Crippen molar-refractivity contribution in [2.24, 2.45) is 0 Å². The number of rotatable bonds is 5. The summed E-state index contributed by atoms with van der Waals surface area (Å²) in [7, 11) is 0. The van der Waals surface area contributed by atoms with Crippen molar-refractivity contribution in [3.63, 3.8) is 0 Å². The summed E-state index contributed by atoms with van der Waals surface area (Å²) in [5.74, 6) is -0.520. The van der Waals surface area contributed by atoms with E-state index in [0.717, 1.165) is 5.56 Å². The van der Waals surface area contributed by atoms with Gasteiger partial charge in [0.25, 0.3) is 5.91 Å². The molecule has 3 N–H and O–H groups in total. The Morgan fingerprint density at radius 1 is 1.00 bits per heavy atom. The van der Waals surface area contributed by atoms with E-state index in [1.54, 1.807) is 36.4 Å². The topological polar surface area (TPSA) is 78.4 Å². The van der Waals surface area contributed by atoms with Crippen LogP contribution in [0.15, 0.2) is 48.5 Å². The van der Waals surface area contributed by atoms with E-state index in [1.165, 1.54) is 6.92 Å². The van der Waals surface area contributed by atoms with Crippen molar-refractivity contribution in [3.8, 4) is 0 Å². The Bertz CT molecular complexity index is 666. The molecule has 2 aromatic carbocycles. The molecule has 0 saturated heterocycles. The summed E-state index contributed by atoms with van der Waals surface area (Å²) in [5.41, 5.74) is 2.53. The van der Waals surface area contributed by atoms with E-state index in [-0.39, 0.29) is 18.4 Å². The summed E-state index contributed by atoms with van der Waals surface area (Å²) in [4.78, 5) is 23.5. The molecule has 0 unspecified atom stereocenters. The lowest BCUT2D eigenvalue weighted by Gasteiger charge is -2.10. The number of amides is 2. The number of hydrogen-bond donors (Lipinski definition) is 3. The highest BCUT2D eigenvalue weighted by Crippen LogP contribution is 2.18. The molecule has 0 aliphatic rings. The van der Waals surface area contributed by atoms with Gasteiger partial charge in [-0.15, -0.1) is 0 Å². The quantitative estimate of drug-likeness (QED) is 0.793. The average molecular weight is 298 g/mol. The number of hydrogen-bond acceptors (Lipinski definition) is 3. The lowest BCUT2D eigenvalue weighted by molar-refractivity contribution is -0.114. The van der Waals surface area contributed by atoms with Crippen LogP contribution >= 0.6 is 0 Å². The maximum atomic E-state index is 12.3. The normalized spacial score (nSPS) is 10.1. The molecule has 0 aromatic heterocycles. The molecular weight excluding hydrogens is 280 g/mol. The van der Waals surface area contributed by atoms with Gasteiger partial charge in [-0.05, 0) is 36.2 Å².